The molecule has 0 aromatic heterocycles. The van der Waals surface area contributed by atoms with E-state index < -0.39 is 0 Å². The third-order valence-electron chi connectivity index (χ3n) is 3.49. The summed E-state index contributed by atoms with van der Waals surface area (Å²) in [6, 6.07) is 6.99. The Hall–Kier alpha value is -0.770. The fraction of sp³-hybridized carbons (Fsp3) is 0.600. The highest BCUT2D eigenvalue weighted by Gasteiger charge is 2.20. The number of rotatable bonds is 8. The van der Waals surface area contributed by atoms with E-state index >= 15 is 0 Å². The zero-order chi connectivity index (χ0) is 13.7. The molecule has 3 nitrogen and oxygen atoms in total. The van der Waals surface area contributed by atoms with Crippen molar-refractivity contribution in [2.24, 2.45) is 0 Å². The number of aliphatic hydroxyl groups is 1. The van der Waals surface area contributed by atoms with E-state index in [1.807, 2.05) is 6.07 Å². The van der Waals surface area contributed by atoms with Crippen molar-refractivity contribution in [2.45, 2.75) is 38.8 Å². The van der Waals surface area contributed by atoms with Crippen LogP contribution in [0.3, 0.4) is 0 Å². The van der Waals surface area contributed by atoms with Gasteiger partial charge in [-0.25, -0.2) is 0 Å². The SMILES string of the molecule is CCN(CCCO)c1ccc(CNC2CC2)cc1Cl. The maximum Gasteiger partial charge on any atom is 0.0642 e. The van der Waals surface area contributed by atoms with E-state index in [1.165, 1.54) is 18.4 Å². The Morgan fingerprint density at radius 3 is 2.79 bits per heavy atom. The predicted octanol–water partition coefficient (Wildman–Crippen LogP) is 2.80. The quantitative estimate of drug-likeness (QED) is 0.770. The van der Waals surface area contributed by atoms with Crippen molar-refractivity contribution in [1.29, 1.82) is 0 Å². The number of hydrogen-bond donors (Lipinski definition) is 2. The van der Waals surface area contributed by atoms with E-state index in [9.17, 15) is 0 Å². The van der Waals surface area contributed by atoms with Gasteiger partial charge in [-0.2, -0.15) is 0 Å². The molecule has 106 valence electrons. The maximum absolute atomic E-state index is 8.93. The van der Waals surface area contributed by atoms with E-state index in [0.29, 0.717) is 0 Å². The van der Waals surface area contributed by atoms with Crippen LogP contribution in [0.1, 0.15) is 31.7 Å². The van der Waals surface area contributed by atoms with Crippen LogP contribution < -0.4 is 10.2 Å². The summed E-state index contributed by atoms with van der Waals surface area (Å²) in [6.07, 6.45) is 3.38. The van der Waals surface area contributed by atoms with Crippen molar-refractivity contribution in [1.82, 2.24) is 5.32 Å². The van der Waals surface area contributed by atoms with Gasteiger partial charge in [0.25, 0.3) is 0 Å². The Morgan fingerprint density at radius 1 is 1.42 bits per heavy atom. The van der Waals surface area contributed by atoms with Crippen LogP contribution in [0.5, 0.6) is 0 Å². The van der Waals surface area contributed by atoms with Crippen LogP contribution in [-0.2, 0) is 6.54 Å². The van der Waals surface area contributed by atoms with Crippen molar-refractivity contribution in [3.8, 4) is 0 Å². The molecule has 0 radical (unpaired) electrons. The highest BCUT2D eigenvalue weighted by atomic mass is 35.5. The van der Waals surface area contributed by atoms with E-state index in [-0.39, 0.29) is 6.61 Å². The van der Waals surface area contributed by atoms with Crippen LogP contribution >= 0.6 is 11.6 Å². The molecule has 1 fully saturated rings. The number of nitrogens with one attached hydrogen (secondary N) is 1. The van der Waals surface area contributed by atoms with Crippen LogP contribution in [0.2, 0.25) is 5.02 Å². The molecule has 1 aliphatic rings. The van der Waals surface area contributed by atoms with E-state index in [0.717, 1.165) is 42.8 Å². The first-order valence-corrected chi connectivity index (χ1v) is 7.50. The second-order valence-corrected chi connectivity index (χ2v) is 5.50. The predicted molar refractivity (Wildman–Crippen MR) is 80.9 cm³/mol. The Balaban J connectivity index is 1.99. The van der Waals surface area contributed by atoms with E-state index in [1.54, 1.807) is 0 Å². The largest absolute Gasteiger partial charge is 0.396 e. The standard InChI is InChI=1S/C15H23ClN2O/c1-2-18(8-3-9-19)15-7-4-12(10-14(15)16)11-17-13-5-6-13/h4,7,10,13,17,19H,2-3,5-6,8-9,11H2,1H3. The molecule has 0 atom stereocenters. The number of aliphatic hydroxyl groups excluding tert-OH is 1. The topological polar surface area (TPSA) is 35.5 Å². The monoisotopic (exact) mass is 282 g/mol. The molecule has 19 heavy (non-hydrogen) atoms. The Morgan fingerprint density at radius 2 is 2.21 bits per heavy atom. The van der Waals surface area contributed by atoms with Gasteiger partial charge in [-0.05, 0) is 43.9 Å². The summed E-state index contributed by atoms with van der Waals surface area (Å²) in [4.78, 5) is 2.21. The van der Waals surface area contributed by atoms with Gasteiger partial charge in [-0.3, -0.25) is 0 Å². The molecule has 2 N–H and O–H groups in total. The molecule has 4 heteroatoms. The number of halogens is 1. The van der Waals surface area contributed by atoms with Gasteiger partial charge >= 0.3 is 0 Å². The Labute approximate surface area is 120 Å². The first-order valence-electron chi connectivity index (χ1n) is 7.12. The van der Waals surface area contributed by atoms with E-state index in [2.05, 4.69) is 29.3 Å². The van der Waals surface area contributed by atoms with Gasteiger partial charge in [0.15, 0.2) is 0 Å². The highest BCUT2D eigenvalue weighted by molar-refractivity contribution is 6.33. The second-order valence-electron chi connectivity index (χ2n) is 5.10. The zero-order valence-corrected chi connectivity index (χ0v) is 12.3. The number of hydrogen-bond acceptors (Lipinski definition) is 3. The van der Waals surface area contributed by atoms with Gasteiger partial charge in [-0.15, -0.1) is 0 Å². The summed E-state index contributed by atoms with van der Waals surface area (Å²) in [5, 5.41) is 13.2. The van der Waals surface area contributed by atoms with Gasteiger partial charge in [0.05, 0.1) is 10.7 Å². The molecular weight excluding hydrogens is 260 g/mol. The van der Waals surface area contributed by atoms with Crippen molar-refractivity contribution in [3.05, 3.63) is 28.8 Å². The zero-order valence-electron chi connectivity index (χ0n) is 11.5. The van der Waals surface area contributed by atoms with Crippen LogP contribution in [0.4, 0.5) is 5.69 Å². The molecule has 0 spiro atoms. The molecule has 0 unspecified atom stereocenters. The normalized spacial score (nSPS) is 14.7. The Kier molecular flexibility index (Phi) is 5.49. The summed E-state index contributed by atoms with van der Waals surface area (Å²) < 4.78 is 0. The molecule has 0 heterocycles. The molecule has 0 bridgehead atoms. The molecule has 1 aliphatic carbocycles. The lowest BCUT2D eigenvalue weighted by molar-refractivity contribution is 0.289. The molecular formula is C15H23ClN2O. The van der Waals surface area contributed by atoms with Gasteiger partial charge < -0.3 is 15.3 Å². The third-order valence-corrected chi connectivity index (χ3v) is 3.80. The molecule has 1 aromatic carbocycles. The van der Waals surface area contributed by atoms with Crippen molar-refractivity contribution in [2.75, 3.05) is 24.6 Å². The summed E-state index contributed by atoms with van der Waals surface area (Å²) in [5.74, 6) is 0. The third kappa shape index (κ3) is 4.37. The maximum atomic E-state index is 8.93. The Bertz CT molecular complexity index is 407. The highest BCUT2D eigenvalue weighted by Crippen LogP contribution is 2.27. The molecule has 0 amide bonds. The molecule has 0 saturated heterocycles. The summed E-state index contributed by atoms with van der Waals surface area (Å²) in [7, 11) is 0. The van der Waals surface area contributed by atoms with Gasteiger partial charge in [0, 0.05) is 32.3 Å². The summed E-state index contributed by atoms with van der Waals surface area (Å²) in [5.41, 5.74) is 2.30. The first-order chi connectivity index (χ1) is 9.24. The van der Waals surface area contributed by atoms with Crippen molar-refractivity contribution >= 4 is 17.3 Å². The summed E-state index contributed by atoms with van der Waals surface area (Å²) >= 11 is 6.38. The molecule has 0 aliphatic heterocycles. The van der Waals surface area contributed by atoms with Gasteiger partial charge in [-0.1, -0.05) is 17.7 Å². The van der Waals surface area contributed by atoms with Gasteiger partial charge in [0.1, 0.15) is 0 Å². The lowest BCUT2D eigenvalue weighted by Gasteiger charge is -2.24. The smallest absolute Gasteiger partial charge is 0.0642 e. The lowest BCUT2D eigenvalue weighted by Crippen LogP contribution is -2.25. The second kappa shape index (κ2) is 7.13. The number of anilines is 1. The van der Waals surface area contributed by atoms with Crippen molar-refractivity contribution in [3.63, 3.8) is 0 Å². The van der Waals surface area contributed by atoms with E-state index in [4.69, 9.17) is 16.7 Å². The van der Waals surface area contributed by atoms with Crippen LogP contribution in [0, 0.1) is 0 Å². The minimum atomic E-state index is 0.220. The number of nitrogens with zero attached hydrogens (tertiary/aromatic N) is 1. The van der Waals surface area contributed by atoms with Crippen LogP contribution in [-0.4, -0.2) is 30.8 Å². The van der Waals surface area contributed by atoms with Crippen LogP contribution in [0.25, 0.3) is 0 Å². The van der Waals surface area contributed by atoms with Gasteiger partial charge in [0.2, 0.25) is 0 Å². The van der Waals surface area contributed by atoms with Crippen molar-refractivity contribution < 1.29 is 5.11 Å². The fourth-order valence-corrected chi connectivity index (χ4v) is 2.50. The summed E-state index contributed by atoms with van der Waals surface area (Å²) in [6.45, 7) is 4.97. The molecule has 2 rings (SSSR count). The lowest BCUT2D eigenvalue weighted by atomic mass is 10.2. The fourth-order valence-electron chi connectivity index (χ4n) is 2.18. The number of benzene rings is 1. The average Bonchev–Trinajstić information content (AvgIpc) is 3.23. The average molecular weight is 283 g/mol. The minimum Gasteiger partial charge on any atom is -0.396 e. The minimum absolute atomic E-state index is 0.220. The molecule has 1 saturated carbocycles. The molecule has 1 aromatic rings. The van der Waals surface area contributed by atoms with Crippen LogP contribution in [0.15, 0.2) is 18.2 Å². The first kappa shape index (κ1) is 14.6.